The lowest BCUT2D eigenvalue weighted by Gasteiger charge is -2.33. The van der Waals surface area contributed by atoms with E-state index in [0.29, 0.717) is 0 Å². The molecule has 1 nitrogen and oxygen atoms in total. The van der Waals surface area contributed by atoms with Crippen LogP contribution in [0.5, 0.6) is 0 Å². The fourth-order valence-electron chi connectivity index (χ4n) is 10.2. The summed E-state index contributed by atoms with van der Waals surface area (Å²) in [6.45, 7) is 0. The Morgan fingerprint density at radius 1 is 0.267 bits per heavy atom. The predicted octanol–water partition coefficient (Wildman–Crippen LogP) is 15.7. The lowest BCUT2D eigenvalue weighted by molar-refractivity contribution is 0.801. The molecule has 0 saturated heterocycles. The van der Waals surface area contributed by atoms with Crippen molar-refractivity contribution in [3.05, 3.63) is 259 Å². The van der Waals surface area contributed by atoms with Crippen molar-refractivity contribution in [3.63, 3.8) is 0 Å². The smallest absolute Gasteiger partial charge is 0.0732 e. The van der Waals surface area contributed by atoms with Crippen molar-refractivity contribution in [2.24, 2.45) is 0 Å². The van der Waals surface area contributed by atoms with Crippen LogP contribution in [0.25, 0.3) is 66.4 Å². The molecule has 1 atom stereocenters. The van der Waals surface area contributed by atoms with Crippen LogP contribution in [0.15, 0.2) is 237 Å². The fourth-order valence-corrected chi connectivity index (χ4v) is 10.2. The van der Waals surface area contributed by atoms with E-state index in [-0.39, 0.29) is 0 Å². The minimum Gasteiger partial charge on any atom is -0.310 e. The average molecular weight is 762 g/mol. The van der Waals surface area contributed by atoms with E-state index in [2.05, 4.69) is 241 Å². The first kappa shape index (κ1) is 34.3. The van der Waals surface area contributed by atoms with Crippen molar-refractivity contribution in [2.45, 2.75) is 5.41 Å². The topological polar surface area (TPSA) is 3.24 Å². The molecule has 10 aromatic carbocycles. The lowest BCUT2D eigenvalue weighted by atomic mass is 9.69. The van der Waals surface area contributed by atoms with E-state index < -0.39 is 5.41 Å². The van der Waals surface area contributed by atoms with Gasteiger partial charge in [0.2, 0.25) is 0 Å². The first-order chi connectivity index (χ1) is 29.8. The second kappa shape index (κ2) is 13.7. The zero-order valence-electron chi connectivity index (χ0n) is 33.0. The summed E-state index contributed by atoms with van der Waals surface area (Å²) >= 11 is 0. The quantitative estimate of drug-likeness (QED) is 0.163. The van der Waals surface area contributed by atoms with E-state index in [9.17, 15) is 0 Å². The number of nitrogens with zero attached hydrogens (tertiary/aromatic N) is 1. The van der Waals surface area contributed by atoms with Gasteiger partial charge in [-0.05, 0) is 131 Å². The SMILES string of the molecule is c1ccc(-c2ccc(N(c3ccc(-c4ccccc4)cc3)c3ccc4c(c3)C3(c5ccccc5-c5ccc(-c6ccccc6)cc53)c3c-4ccc4ccccc34)cc2)cc1. The van der Waals surface area contributed by atoms with E-state index >= 15 is 0 Å². The predicted molar refractivity (Wildman–Crippen MR) is 251 cm³/mol. The van der Waals surface area contributed by atoms with Crippen molar-refractivity contribution in [2.75, 3.05) is 4.90 Å². The molecule has 1 spiro atoms. The van der Waals surface area contributed by atoms with Gasteiger partial charge in [-0.25, -0.2) is 0 Å². The molecular weight excluding hydrogens is 723 g/mol. The molecule has 0 aliphatic heterocycles. The maximum absolute atomic E-state index is 2.50. The summed E-state index contributed by atoms with van der Waals surface area (Å²) < 4.78 is 0. The Balaban J connectivity index is 1.12. The molecule has 1 heteroatoms. The van der Waals surface area contributed by atoms with Crippen molar-refractivity contribution < 1.29 is 0 Å². The number of hydrogen-bond donors (Lipinski definition) is 0. The minimum atomic E-state index is -0.543. The minimum absolute atomic E-state index is 0.543. The highest BCUT2D eigenvalue weighted by molar-refractivity contribution is 6.04. The van der Waals surface area contributed by atoms with Crippen LogP contribution in [0.4, 0.5) is 17.1 Å². The molecule has 280 valence electrons. The molecular formula is C59H39N. The summed E-state index contributed by atoms with van der Waals surface area (Å²) in [6.07, 6.45) is 0. The zero-order chi connectivity index (χ0) is 39.6. The molecule has 0 amide bonds. The van der Waals surface area contributed by atoms with E-state index in [4.69, 9.17) is 0 Å². The first-order valence-corrected chi connectivity index (χ1v) is 20.8. The second-order valence-corrected chi connectivity index (χ2v) is 16.0. The van der Waals surface area contributed by atoms with Crippen LogP contribution in [0, 0.1) is 0 Å². The van der Waals surface area contributed by atoms with Gasteiger partial charge in [0, 0.05) is 17.1 Å². The third-order valence-corrected chi connectivity index (χ3v) is 12.9. The molecule has 0 fully saturated rings. The van der Waals surface area contributed by atoms with Crippen molar-refractivity contribution >= 4 is 27.8 Å². The van der Waals surface area contributed by atoms with Gasteiger partial charge in [0.15, 0.2) is 0 Å². The standard InChI is InChI=1S/C59H39N/c1-4-14-40(15-5-1)43-24-30-47(31-25-43)60(48-32-26-44(27-33-48)41-16-6-2-7-17-41)49-34-37-53-54-36-28-45-20-10-11-21-50(45)58(54)59(57(53)39-49)55-23-13-12-22-51(55)52-35-29-46(38-56(52)59)42-18-8-3-9-19-42/h1-39H. The zero-order valence-corrected chi connectivity index (χ0v) is 33.0. The highest BCUT2D eigenvalue weighted by atomic mass is 15.1. The van der Waals surface area contributed by atoms with Gasteiger partial charge in [-0.15, -0.1) is 0 Å². The second-order valence-electron chi connectivity index (χ2n) is 16.0. The molecule has 0 bridgehead atoms. The maximum atomic E-state index is 2.50. The van der Waals surface area contributed by atoms with Gasteiger partial charge in [-0.2, -0.15) is 0 Å². The molecule has 60 heavy (non-hydrogen) atoms. The van der Waals surface area contributed by atoms with E-state index in [1.54, 1.807) is 0 Å². The molecule has 2 aliphatic carbocycles. The molecule has 2 aliphatic rings. The molecule has 0 N–H and O–H groups in total. The summed E-state index contributed by atoms with van der Waals surface area (Å²) in [4.78, 5) is 2.43. The van der Waals surface area contributed by atoms with Gasteiger partial charge in [0.1, 0.15) is 0 Å². The third kappa shape index (κ3) is 5.19. The Morgan fingerprint density at radius 2 is 0.700 bits per heavy atom. The summed E-state index contributed by atoms with van der Waals surface area (Å²) in [7, 11) is 0. The summed E-state index contributed by atoms with van der Waals surface area (Å²) in [5.41, 5.74) is 20.6. The van der Waals surface area contributed by atoms with Gasteiger partial charge in [0.25, 0.3) is 0 Å². The van der Waals surface area contributed by atoms with Gasteiger partial charge in [0.05, 0.1) is 5.41 Å². The molecule has 0 aromatic heterocycles. The van der Waals surface area contributed by atoms with Gasteiger partial charge in [-0.3, -0.25) is 0 Å². The van der Waals surface area contributed by atoms with Crippen LogP contribution in [0.2, 0.25) is 0 Å². The van der Waals surface area contributed by atoms with Crippen LogP contribution in [-0.2, 0) is 5.41 Å². The highest BCUT2D eigenvalue weighted by Crippen LogP contribution is 2.65. The molecule has 12 rings (SSSR count). The van der Waals surface area contributed by atoms with Crippen LogP contribution in [-0.4, -0.2) is 0 Å². The van der Waals surface area contributed by atoms with Crippen molar-refractivity contribution in [1.82, 2.24) is 0 Å². The van der Waals surface area contributed by atoms with Crippen LogP contribution >= 0.6 is 0 Å². The van der Waals surface area contributed by atoms with Gasteiger partial charge in [-0.1, -0.05) is 194 Å². The number of fused-ring (bicyclic) bond motifs is 12. The Morgan fingerprint density at radius 3 is 1.35 bits per heavy atom. The van der Waals surface area contributed by atoms with Crippen LogP contribution in [0.3, 0.4) is 0 Å². The Hall–Kier alpha value is -7.74. The monoisotopic (exact) mass is 761 g/mol. The Labute approximate surface area is 351 Å². The van der Waals surface area contributed by atoms with Gasteiger partial charge < -0.3 is 4.90 Å². The Bertz CT molecular complexity index is 3140. The van der Waals surface area contributed by atoms with E-state index in [0.717, 1.165) is 17.1 Å². The molecule has 0 radical (unpaired) electrons. The number of anilines is 3. The largest absolute Gasteiger partial charge is 0.310 e. The molecule has 0 heterocycles. The van der Waals surface area contributed by atoms with E-state index in [1.165, 1.54) is 88.7 Å². The lowest BCUT2D eigenvalue weighted by Crippen LogP contribution is -2.26. The van der Waals surface area contributed by atoms with Crippen molar-refractivity contribution in [1.29, 1.82) is 0 Å². The summed E-state index contributed by atoms with van der Waals surface area (Å²) in [6, 6.07) is 87.3. The van der Waals surface area contributed by atoms with Crippen LogP contribution < -0.4 is 4.90 Å². The number of hydrogen-bond acceptors (Lipinski definition) is 1. The van der Waals surface area contributed by atoms with Gasteiger partial charge >= 0.3 is 0 Å². The maximum Gasteiger partial charge on any atom is 0.0732 e. The highest BCUT2D eigenvalue weighted by Gasteiger charge is 2.52. The number of benzene rings is 10. The molecule has 10 aromatic rings. The molecule has 0 saturated carbocycles. The molecule has 1 unspecified atom stereocenters. The van der Waals surface area contributed by atoms with Crippen molar-refractivity contribution in [3.8, 4) is 55.6 Å². The fraction of sp³-hybridized carbons (Fsp3) is 0.0169. The number of rotatable bonds is 6. The average Bonchev–Trinajstić information content (AvgIpc) is 3.80. The normalized spacial score (nSPS) is 14.4. The Kier molecular flexibility index (Phi) is 7.83. The summed E-state index contributed by atoms with van der Waals surface area (Å²) in [5.74, 6) is 0. The summed E-state index contributed by atoms with van der Waals surface area (Å²) in [5, 5.41) is 2.55. The first-order valence-electron chi connectivity index (χ1n) is 20.8. The third-order valence-electron chi connectivity index (χ3n) is 12.9. The van der Waals surface area contributed by atoms with Crippen LogP contribution in [0.1, 0.15) is 22.3 Å². The van der Waals surface area contributed by atoms with E-state index in [1.807, 2.05) is 0 Å².